The summed E-state index contributed by atoms with van der Waals surface area (Å²) in [7, 11) is 3.41. The minimum Gasteiger partial charge on any atom is -0.496 e. The zero-order valence-electron chi connectivity index (χ0n) is 16.7. The monoisotopic (exact) mass is 383 g/mol. The van der Waals surface area contributed by atoms with E-state index in [1.165, 1.54) is 12.1 Å². The average molecular weight is 383 g/mol. The van der Waals surface area contributed by atoms with E-state index in [1.54, 1.807) is 14.2 Å². The summed E-state index contributed by atoms with van der Waals surface area (Å²) in [5, 5.41) is 7.63. The lowest BCUT2D eigenvalue weighted by molar-refractivity contribution is 0.406. The molecular formula is C21H26FN5O. The lowest BCUT2D eigenvalue weighted by Crippen LogP contribution is -2.38. The summed E-state index contributed by atoms with van der Waals surface area (Å²) in [6.45, 7) is 5.24. The number of rotatable bonds is 6. The van der Waals surface area contributed by atoms with Crippen LogP contribution >= 0.6 is 0 Å². The standard InChI is InChI=1S/C21H26FN5O/c1-13-10-25-19(14(2)20(13)28-4)12-27-21(23-3)24-8-7-15-11-26-18-9-16(22)5-6-17(15)18/h5-6,9-11,26H,7-8,12H2,1-4H3,(H2,23,24,27). The number of hydrogen-bond acceptors (Lipinski definition) is 3. The van der Waals surface area contributed by atoms with Gasteiger partial charge in [0, 0.05) is 48.0 Å². The summed E-state index contributed by atoms with van der Waals surface area (Å²) in [6.07, 6.45) is 4.54. The van der Waals surface area contributed by atoms with E-state index in [0.717, 1.165) is 45.5 Å². The lowest BCUT2D eigenvalue weighted by Gasteiger charge is -2.15. The first-order valence-electron chi connectivity index (χ1n) is 9.22. The van der Waals surface area contributed by atoms with Crippen molar-refractivity contribution < 1.29 is 9.13 Å². The van der Waals surface area contributed by atoms with Gasteiger partial charge in [-0.15, -0.1) is 0 Å². The Morgan fingerprint density at radius 3 is 2.86 bits per heavy atom. The lowest BCUT2D eigenvalue weighted by atomic mass is 10.1. The van der Waals surface area contributed by atoms with Gasteiger partial charge in [-0.25, -0.2) is 4.39 Å². The highest BCUT2D eigenvalue weighted by Crippen LogP contribution is 2.23. The molecule has 6 nitrogen and oxygen atoms in total. The predicted octanol–water partition coefficient (Wildman–Crippen LogP) is 3.24. The summed E-state index contributed by atoms with van der Waals surface area (Å²) >= 11 is 0. The van der Waals surface area contributed by atoms with Crippen LogP contribution in [0.25, 0.3) is 10.9 Å². The largest absolute Gasteiger partial charge is 0.496 e. The number of benzene rings is 1. The molecule has 3 rings (SSSR count). The van der Waals surface area contributed by atoms with E-state index in [2.05, 4.69) is 25.6 Å². The fourth-order valence-corrected chi connectivity index (χ4v) is 3.32. The molecule has 0 saturated heterocycles. The van der Waals surface area contributed by atoms with Crippen LogP contribution in [0.4, 0.5) is 4.39 Å². The smallest absolute Gasteiger partial charge is 0.191 e. The highest BCUT2D eigenvalue weighted by molar-refractivity contribution is 5.83. The number of fused-ring (bicyclic) bond motifs is 1. The van der Waals surface area contributed by atoms with Gasteiger partial charge in [0.25, 0.3) is 0 Å². The molecule has 1 aromatic carbocycles. The Hall–Kier alpha value is -3.09. The van der Waals surface area contributed by atoms with Gasteiger partial charge in [0.15, 0.2) is 5.96 Å². The van der Waals surface area contributed by atoms with Crippen LogP contribution in [0.2, 0.25) is 0 Å². The maximum absolute atomic E-state index is 13.3. The van der Waals surface area contributed by atoms with Gasteiger partial charge in [0.2, 0.25) is 0 Å². The molecule has 0 atom stereocenters. The van der Waals surface area contributed by atoms with E-state index >= 15 is 0 Å². The second-order valence-corrected chi connectivity index (χ2v) is 6.65. The first-order chi connectivity index (χ1) is 13.5. The molecule has 0 radical (unpaired) electrons. The van der Waals surface area contributed by atoms with Crippen LogP contribution in [-0.2, 0) is 13.0 Å². The van der Waals surface area contributed by atoms with Gasteiger partial charge < -0.3 is 20.4 Å². The van der Waals surface area contributed by atoms with Crippen LogP contribution in [0.1, 0.15) is 22.4 Å². The molecule has 7 heteroatoms. The maximum atomic E-state index is 13.3. The second kappa shape index (κ2) is 8.73. The number of aromatic amines is 1. The molecule has 2 aromatic heterocycles. The zero-order chi connectivity index (χ0) is 20.1. The van der Waals surface area contributed by atoms with Gasteiger partial charge in [-0.2, -0.15) is 0 Å². The number of ether oxygens (including phenoxy) is 1. The van der Waals surface area contributed by atoms with Gasteiger partial charge in [-0.05, 0) is 44.0 Å². The Balaban J connectivity index is 1.56. The van der Waals surface area contributed by atoms with Crippen molar-refractivity contribution >= 4 is 16.9 Å². The molecule has 0 amide bonds. The van der Waals surface area contributed by atoms with E-state index in [0.29, 0.717) is 19.0 Å². The van der Waals surface area contributed by atoms with Crippen LogP contribution in [0, 0.1) is 19.7 Å². The molecule has 0 bridgehead atoms. The minimum absolute atomic E-state index is 0.236. The third-order valence-corrected chi connectivity index (χ3v) is 4.81. The zero-order valence-corrected chi connectivity index (χ0v) is 16.7. The fraction of sp³-hybridized carbons (Fsp3) is 0.333. The highest BCUT2D eigenvalue weighted by Gasteiger charge is 2.10. The predicted molar refractivity (Wildman–Crippen MR) is 110 cm³/mol. The topological polar surface area (TPSA) is 74.3 Å². The van der Waals surface area contributed by atoms with Crippen LogP contribution in [0.15, 0.2) is 35.6 Å². The number of H-pyrrole nitrogens is 1. The Kier molecular flexibility index (Phi) is 6.13. The number of aliphatic imine (C=N–C) groups is 1. The molecule has 0 aliphatic heterocycles. The quantitative estimate of drug-likeness (QED) is 0.451. The number of nitrogens with one attached hydrogen (secondary N) is 3. The molecule has 0 spiro atoms. The number of aromatic nitrogens is 2. The summed E-state index contributed by atoms with van der Waals surface area (Å²) < 4.78 is 18.8. The molecule has 2 heterocycles. The van der Waals surface area contributed by atoms with Crippen molar-refractivity contribution in [3.05, 3.63) is 58.8 Å². The first-order valence-corrected chi connectivity index (χ1v) is 9.22. The van der Waals surface area contributed by atoms with Crippen molar-refractivity contribution in [1.29, 1.82) is 0 Å². The van der Waals surface area contributed by atoms with Gasteiger partial charge in [-0.3, -0.25) is 9.98 Å². The van der Waals surface area contributed by atoms with E-state index in [-0.39, 0.29) is 5.82 Å². The number of halogens is 1. The third kappa shape index (κ3) is 4.24. The molecule has 3 N–H and O–H groups in total. The first kappa shape index (κ1) is 19.7. The van der Waals surface area contributed by atoms with E-state index in [4.69, 9.17) is 4.74 Å². The van der Waals surface area contributed by atoms with Crippen molar-refractivity contribution in [1.82, 2.24) is 20.6 Å². The molecule has 0 unspecified atom stereocenters. The molecule has 0 saturated carbocycles. The normalized spacial score (nSPS) is 11.7. The molecule has 148 valence electrons. The summed E-state index contributed by atoms with van der Waals surface area (Å²) in [4.78, 5) is 11.9. The van der Waals surface area contributed by atoms with Gasteiger partial charge >= 0.3 is 0 Å². The molecular weight excluding hydrogens is 357 g/mol. The summed E-state index contributed by atoms with van der Waals surface area (Å²) in [5.74, 6) is 1.33. The van der Waals surface area contributed by atoms with Crippen LogP contribution < -0.4 is 15.4 Å². The Morgan fingerprint density at radius 1 is 1.29 bits per heavy atom. The van der Waals surface area contributed by atoms with Gasteiger partial charge in [0.05, 0.1) is 19.3 Å². The number of guanidine groups is 1. The molecule has 3 aromatic rings. The molecule has 0 aliphatic rings. The van der Waals surface area contributed by atoms with Crippen molar-refractivity contribution in [2.75, 3.05) is 20.7 Å². The molecule has 0 aliphatic carbocycles. The fourth-order valence-electron chi connectivity index (χ4n) is 3.32. The number of nitrogens with zero attached hydrogens (tertiary/aromatic N) is 2. The van der Waals surface area contributed by atoms with Crippen LogP contribution in [-0.4, -0.2) is 36.6 Å². The number of hydrogen-bond donors (Lipinski definition) is 3. The SMILES string of the molecule is CN=C(NCCc1c[nH]c2cc(F)ccc12)NCc1ncc(C)c(OC)c1C. The van der Waals surface area contributed by atoms with Crippen LogP contribution in [0.3, 0.4) is 0 Å². The highest BCUT2D eigenvalue weighted by atomic mass is 19.1. The molecule has 28 heavy (non-hydrogen) atoms. The van der Waals surface area contributed by atoms with E-state index in [1.807, 2.05) is 32.3 Å². The number of pyridine rings is 1. The Labute approximate surface area is 164 Å². The maximum Gasteiger partial charge on any atom is 0.191 e. The molecule has 0 fully saturated rings. The third-order valence-electron chi connectivity index (χ3n) is 4.81. The van der Waals surface area contributed by atoms with Crippen molar-refractivity contribution in [2.24, 2.45) is 4.99 Å². The van der Waals surface area contributed by atoms with Gasteiger partial charge in [-0.1, -0.05) is 0 Å². The summed E-state index contributed by atoms with van der Waals surface area (Å²) in [6, 6.07) is 4.81. The average Bonchev–Trinajstić information content (AvgIpc) is 3.08. The van der Waals surface area contributed by atoms with Crippen molar-refractivity contribution in [3.8, 4) is 5.75 Å². The Bertz CT molecular complexity index is 996. The number of aryl methyl sites for hydroxylation is 1. The summed E-state index contributed by atoms with van der Waals surface area (Å²) in [5.41, 5.74) is 4.91. The second-order valence-electron chi connectivity index (χ2n) is 6.65. The van der Waals surface area contributed by atoms with Crippen LogP contribution in [0.5, 0.6) is 5.75 Å². The Morgan fingerprint density at radius 2 is 2.11 bits per heavy atom. The minimum atomic E-state index is -0.236. The van der Waals surface area contributed by atoms with Crippen molar-refractivity contribution in [2.45, 2.75) is 26.8 Å². The van der Waals surface area contributed by atoms with Gasteiger partial charge in [0.1, 0.15) is 11.6 Å². The van der Waals surface area contributed by atoms with E-state index < -0.39 is 0 Å². The van der Waals surface area contributed by atoms with E-state index in [9.17, 15) is 4.39 Å². The number of methoxy groups -OCH3 is 1. The van der Waals surface area contributed by atoms with Crippen molar-refractivity contribution in [3.63, 3.8) is 0 Å².